The Morgan fingerprint density at radius 1 is 1.32 bits per heavy atom. The van der Waals surface area contributed by atoms with Crippen LogP contribution in [0.3, 0.4) is 0 Å². The Morgan fingerprint density at radius 3 is 2.53 bits per heavy atom. The molecule has 0 radical (unpaired) electrons. The van der Waals surface area contributed by atoms with Crippen LogP contribution >= 0.6 is 0 Å². The lowest BCUT2D eigenvalue weighted by atomic mass is 10.2. The van der Waals surface area contributed by atoms with Gasteiger partial charge in [0.15, 0.2) is 0 Å². The molecule has 0 spiro atoms. The van der Waals surface area contributed by atoms with E-state index in [0.29, 0.717) is 24.9 Å². The maximum absolute atomic E-state index is 12.0. The maximum Gasteiger partial charge on any atom is 0.317 e. The molecule has 0 bridgehead atoms. The fourth-order valence-electron chi connectivity index (χ4n) is 1.97. The normalized spacial score (nSPS) is 14.3. The molecule has 0 atom stereocenters. The van der Waals surface area contributed by atoms with E-state index < -0.39 is 0 Å². The fraction of sp³-hybridized carbons (Fsp3) is 0.857. The molecule has 1 N–H and O–H groups in total. The first-order chi connectivity index (χ1) is 9.04. The number of ether oxygens (including phenoxy) is 1. The number of amides is 2. The Kier molecular flexibility index (Phi) is 6.67. The highest BCUT2D eigenvalue weighted by Crippen LogP contribution is 2.27. The van der Waals surface area contributed by atoms with E-state index in [4.69, 9.17) is 0 Å². The van der Waals surface area contributed by atoms with Gasteiger partial charge in [0.05, 0.1) is 7.11 Å². The van der Waals surface area contributed by atoms with Gasteiger partial charge in [0.1, 0.15) is 0 Å². The molecule has 1 saturated carbocycles. The van der Waals surface area contributed by atoms with Crippen molar-refractivity contribution in [2.75, 3.05) is 20.2 Å². The molecule has 0 unspecified atom stereocenters. The number of methoxy groups -OCH3 is 1. The zero-order chi connectivity index (χ0) is 14.3. The predicted molar refractivity (Wildman–Crippen MR) is 73.8 cm³/mol. The molecular formula is C14H26N2O3. The van der Waals surface area contributed by atoms with E-state index in [1.165, 1.54) is 7.11 Å². The standard InChI is InChI=1S/C14H26N2O3/c1-11(2)10-16(12-7-8-12)14(18)15-9-5-4-6-13(17)19-3/h11-12H,4-10H2,1-3H3,(H,15,18). The quantitative estimate of drug-likeness (QED) is 0.543. The van der Waals surface area contributed by atoms with Gasteiger partial charge in [-0.2, -0.15) is 0 Å². The zero-order valence-corrected chi connectivity index (χ0v) is 12.3. The Morgan fingerprint density at radius 2 is 2.00 bits per heavy atom. The third-order valence-corrected chi connectivity index (χ3v) is 3.12. The van der Waals surface area contributed by atoms with Gasteiger partial charge in [-0.3, -0.25) is 4.79 Å². The summed E-state index contributed by atoms with van der Waals surface area (Å²) in [5.74, 6) is 0.302. The van der Waals surface area contributed by atoms with Gasteiger partial charge in [-0.1, -0.05) is 13.8 Å². The highest BCUT2D eigenvalue weighted by Gasteiger charge is 2.32. The van der Waals surface area contributed by atoms with Crippen molar-refractivity contribution in [1.82, 2.24) is 10.2 Å². The van der Waals surface area contributed by atoms with E-state index in [9.17, 15) is 9.59 Å². The Hall–Kier alpha value is -1.26. The van der Waals surface area contributed by atoms with Crippen LogP contribution in [-0.4, -0.2) is 43.1 Å². The summed E-state index contributed by atoms with van der Waals surface area (Å²) < 4.78 is 4.57. The summed E-state index contributed by atoms with van der Waals surface area (Å²) in [5.41, 5.74) is 0. The Balaban J connectivity index is 2.16. The van der Waals surface area contributed by atoms with Gasteiger partial charge in [-0.25, -0.2) is 4.79 Å². The number of urea groups is 1. The molecule has 0 aliphatic heterocycles. The Bertz CT molecular complexity index is 301. The Labute approximate surface area is 115 Å². The van der Waals surface area contributed by atoms with E-state index in [1.807, 2.05) is 4.90 Å². The minimum Gasteiger partial charge on any atom is -0.469 e. The lowest BCUT2D eigenvalue weighted by Gasteiger charge is -2.24. The zero-order valence-electron chi connectivity index (χ0n) is 12.3. The van der Waals surface area contributed by atoms with Crippen molar-refractivity contribution in [2.24, 2.45) is 5.92 Å². The summed E-state index contributed by atoms with van der Waals surface area (Å²) in [7, 11) is 1.39. The molecule has 0 aromatic carbocycles. The van der Waals surface area contributed by atoms with Gasteiger partial charge >= 0.3 is 12.0 Å². The van der Waals surface area contributed by atoms with Crippen LogP contribution < -0.4 is 5.32 Å². The van der Waals surface area contributed by atoms with E-state index in [1.54, 1.807) is 0 Å². The largest absolute Gasteiger partial charge is 0.469 e. The average Bonchev–Trinajstić information content (AvgIpc) is 3.18. The molecule has 1 aliphatic carbocycles. The minimum absolute atomic E-state index is 0.0364. The number of hydrogen-bond donors (Lipinski definition) is 1. The van der Waals surface area contributed by atoms with Crippen LogP contribution in [0, 0.1) is 5.92 Å². The number of unbranched alkanes of at least 4 members (excludes halogenated alkanes) is 1. The van der Waals surface area contributed by atoms with Crippen molar-refractivity contribution in [2.45, 2.75) is 52.0 Å². The van der Waals surface area contributed by atoms with E-state index in [2.05, 4.69) is 23.9 Å². The molecule has 0 heterocycles. The maximum atomic E-state index is 12.0. The molecular weight excluding hydrogens is 244 g/mol. The number of nitrogens with zero attached hydrogens (tertiary/aromatic N) is 1. The van der Waals surface area contributed by atoms with Gasteiger partial charge in [-0.05, 0) is 31.6 Å². The number of rotatable bonds is 8. The van der Waals surface area contributed by atoms with Crippen LogP contribution in [0.4, 0.5) is 4.79 Å². The number of carbonyl (C=O) groups excluding carboxylic acids is 2. The molecule has 0 aromatic heterocycles. The van der Waals surface area contributed by atoms with Crippen molar-refractivity contribution in [3.8, 4) is 0 Å². The molecule has 5 heteroatoms. The van der Waals surface area contributed by atoms with Crippen LogP contribution in [0.1, 0.15) is 46.0 Å². The first-order valence-electron chi connectivity index (χ1n) is 7.16. The minimum atomic E-state index is -0.189. The van der Waals surface area contributed by atoms with Gasteiger partial charge in [0.2, 0.25) is 0 Å². The number of esters is 1. The monoisotopic (exact) mass is 270 g/mol. The molecule has 1 aliphatic rings. The third kappa shape index (κ3) is 6.45. The number of nitrogens with one attached hydrogen (secondary N) is 1. The summed E-state index contributed by atoms with van der Waals surface area (Å²) >= 11 is 0. The second-order valence-electron chi connectivity index (χ2n) is 5.54. The average molecular weight is 270 g/mol. The SMILES string of the molecule is COC(=O)CCCCNC(=O)N(CC(C)C)C1CC1. The predicted octanol–water partition coefficient (Wildman–Crippen LogP) is 2.16. The number of hydrogen-bond acceptors (Lipinski definition) is 3. The van der Waals surface area contributed by atoms with Crippen molar-refractivity contribution < 1.29 is 14.3 Å². The van der Waals surface area contributed by atoms with Gasteiger partial charge in [-0.15, -0.1) is 0 Å². The molecule has 1 fully saturated rings. The summed E-state index contributed by atoms with van der Waals surface area (Å²) in [6, 6.07) is 0.478. The molecule has 19 heavy (non-hydrogen) atoms. The van der Waals surface area contributed by atoms with Crippen molar-refractivity contribution in [3.05, 3.63) is 0 Å². The number of carbonyl (C=O) groups is 2. The van der Waals surface area contributed by atoms with Gasteiger partial charge < -0.3 is 15.0 Å². The molecule has 1 rings (SSSR count). The lowest BCUT2D eigenvalue weighted by Crippen LogP contribution is -2.43. The highest BCUT2D eigenvalue weighted by molar-refractivity contribution is 5.74. The molecule has 0 aromatic rings. The lowest BCUT2D eigenvalue weighted by molar-refractivity contribution is -0.140. The van der Waals surface area contributed by atoms with E-state index in [0.717, 1.165) is 32.2 Å². The van der Waals surface area contributed by atoms with E-state index >= 15 is 0 Å². The third-order valence-electron chi connectivity index (χ3n) is 3.12. The van der Waals surface area contributed by atoms with Gasteiger partial charge in [0.25, 0.3) is 0 Å². The fourth-order valence-corrected chi connectivity index (χ4v) is 1.97. The van der Waals surface area contributed by atoms with E-state index in [-0.39, 0.29) is 12.0 Å². The summed E-state index contributed by atoms with van der Waals surface area (Å²) in [6.45, 7) is 5.69. The van der Waals surface area contributed by atoms with Crippen molar-refractivity contribution in [1.29, 1.82) is 0 Å². The molecule has 0 saturated heterocycles. The summed E-state index contributed by atoms with van der Waals surface area (Å²) in [6.07, 6.45) is 4.23. The smallest absolute Gasteiger partial charge is 0.317 e. The second kappa shape index (κ2) is 8.02. The van der Waals surface area contributed by atoms with Crippen molar-refractivity contribution >= 4 is 12.0 Å². The van der Waals surface area contributed by atoms with Gasteiger partial charge in [0, 0.05) is 25.6 Å². The second-order valence-corrected chi connectivity index (χ2v) is 5.54. The summed E-state index contributed by atoms with van der Waals surface area (Å²) in [5, 5.41) is 2.94. The van der Waals surface area contributed by atoms with Crippen LogP contribution in [0.5, 0.6) is 0 Å². The first kappa shape index (κ1) is 15.8. The first-order valence-corrected chi connectivity index (χ1v) is 7.16. The topological polar surface area (TPSA) is 58.6 Å². The highest BCUT2D eigenvalue weighted by atomic mass is 16.5. The van der Waals surface area contributed by atoms with Crippen LogP contribution in [0.2, 0.25) is 0 Å². The van der Waals surface area contributed by atoms with Crippen LogP contribution in [0.15, 0.2) is 0 Å². The summed E-state index contributed by atoms with van der Waals surface area (Å²) in [4.78, 5) is 24.9. The van der Waals surface area contributed by atoms with Crippen LogP contribution in [0.25, 0.3) is 0 Å². The van der Waals surface area contributed by atoms with Crippen molar-refractivity contribution in [3.63, 3.8) is 0 Å². The molecule has 110 valence electrons. The van der Waals surface area contributed by atoms with Crippen LogP contribution in [-0.2, 0) is 9.53 Å². The molecule has 2 amide bonds. The molecule has 5 nitrogen and oxygen atoms in total.